The summed E-state index contributed by atoms with van der Waals surface area (Å²) in [5.41, 5.74) is 2.94. The van der Waals surface area contributed by atoms with Crippen LogP contribution in [0.15, 0.2) is 54.6 Å². The normalized spacial score (nSPS) is 10.8. The van der Waals surface area contributed by atoms with Crippen molar-refractivity contribution in [3.63, 3.8) is 0 Å². The fourth-order valence-electron chi connectivity index (χ4n) is 2.54. The average molecular weight is 422 g/mol. The van der Waals surface area contributed by atoms with Crippen LogP contribution in [0.2, 0.25) is 5.02 Å². The maximum atomic E-state index is 12.4. The minimum Gasteiger partial charge on any atom is -0.462 e. The number of halogens is 1. The summed E-state index contributed by atoms with van der Waals surface area (Å²) in [6.45, 7) is 2.04. The van der Waals surface area contributed by atoms with Gasteiger partial charge in [-0.25, -0.2) is 13.2 Å². The van der Waals surface area contributed by atoms with Crippen molar-refractivity contribution < 1.29 is 17.9 Å². The zero-order valence-corrected chi connectivity index (χ0v) is 16.7. The Morgan fingerprint density at radius 3 is 2.30 bits per heavy atom. The summed E-state index contributed by atoms with van der Waals surface area (Å²) >= 11 is 7.30. The second-order valence-corrected chi connectivity index (χ2v) is 7.75. The molecule has 27 heavy (non-hydrogen) atoms. The molecule has 0 aliphatic heterocycles. The fraction of sp³-hybridized carbons (Fsp3) is 0.105. The van der Waals surface area contributed by atoms with Gasteiger partial charge in [0.2, 0.25) is 10.9 Å². The van der Waals surface area contributed by atoms with Crippen LogP contribution in [0.1, 0.15) is 16.6 Å². The maximum Gasteiger partial charge on any atom is 0.348 e. The molecule has 0 bridgehead atoms. The van der Waals surface area contributed by atoms with E-state index in [2.05, 4.69) is 4.72 Å². The van der Waals surface area contributed by atoms with Crippen molar-refractivity contribution in [1.82, 2.24) is 0 Å². The van der Waals surface area contributed by atoms with Gasteiger partial charge in [0.1, 0.15) is 4.88 Å². The standard InChI is InChI=1S/C19H16ClNO4S2/c1-2-25-19(22)18-16(12-5-9-15(10-6-12)21-27(23)24)11-17(26-18)13-3-7-14(20)8-4-13/h3-11,27H,2H2,1H3,(H,21,23,24). The van der Waals surface area contributed by atoms with Gasteiger partial charge in [-0.2, -0.15) is 0 Å². The van der Waals surface area contributed by atoms with Crippen LogP contribution < -0.4 is 4.72 Å². The molecule has 1 heterocycles. The molecule has 8 heteroatoms. The lowest BCUT2D eigenvalue weighted by molar-refractivity contribution is 0.0533. The van der Waals surface area contributed by atoms with Crippen molar-refractivity contribution in [3.8, 4) is 21.6 Å². The van der Waals surface area contributed by atoms with Crippen molar-refractivity contribution in [2.75, 3.05) is 11.3 Å². The molecule has 0 amide bonds. The Morgan fingerprint density at radius 1 is 1.07 bits per heavy atom. The van der Waals surface area contributed by atoms with E-state index in [-0.39, 0.29) is 12.6 Å². The summed E-state index contributed by atoms with van der Waals surface area (Å²) in [7, 11) is -2.72. The topological polar surface area (TPSA) is 72.5 Å². The molecule has 1 N–H and O–H groups in total. The van der Waals surface area contributed by atoms with Gasteiger partial charge in [0.15, 0.2) is 0 Å². The number of rotatable bonds is 6. The predicted octanol–water partition coefficient (Wildman–Crippen LogP) is 4.85. The molecule has 0 spiro atoms. The monoisotopic (exact) mass is 421 g/mol. The van der Waals surface area contributed by atoms with E-state index in [0.717, 1.165) is 21.6 Å². The number of nitrogens with one attached hydrogen (secondary N) is 1. The summed E-state index contributed by atoms with van der Waals surface area (Å²) in [5, 5.41) is 0.640. The van der Waals surface area contributed by atoms with Crippen LogP contribution in [-0.2, 0) is 15.6 Å². The molecule has 5 nitrogen and oxygen atoms in total. The SMILES string of the molecule is CCOC(=O)c1sc(-c2ccc(Cl)cc2)cc1-c1ccc(N[SH](=O)=O)cc1. The molecule has 0 aliphatic carbocycles. The van der Waals surface area contributed by atoms with E-state index in [1.165, 1.54) is 11.3 Å². The Bertz CT molecular complexity index is 1020. The van der Waals surface area contributed by atoms with Crippen LogP contribution in [0, 0.1) is 0 Å². The highest BCUT2D eigenvalue weighted by molar-refractivity contribution is 7.73. The molecule has 3 rings (SSSR count). The Morgan fingerprint density at radius 2 is 1.70 bits per heavy atom. The first kappa shape index (κ1) is 19.4. The van der Waals surface area contributed by atoms with E-state index in [0.29, 0.717) is 15.6 Å². The number of ether oxygens (including phenoxy) is 1. The highest BCUT2D eigenvalue weighted by Gasteiger charge is 2.19. The van der Waals surface area contributed by atoms with Crippen molar-refractivity contribution in [3.05, 3.63) is 64.5 Å². The van der Waals surface area contributed by atoms with Crippen molar-refractivity contribution in [2.24, 2.45) is 0 Å². The highest BCUT2D eigenvalue weighted by Crippen LogP contribution is 2.38. The summed E-state index contributed by atoms with van der Waals surface area (Å²) in [6.07, 6.45) is 0. The van der Waals surface area contributed by atoms with Gasteiger partial charge in [-0.1, -0.05) is 35.9 Å². The fourth-order valence-corrected chi connectivity index (χ4v) is 4.11. The number of carbonyl (C=O) groups is 1. The number of hydrogen-bond acceptors (Lipinski definition) is 5. The summed E-state index contributed by atoms with van der Waals surface area (Å²) in [4.78, 5) is 13.8. The second kappa shape index (κ2) is 8.56. The molecule has 0 saturated carbocycles. The van der Waals surface area contributed by atoms with Gasteiger partial charge >= 0.3 is 5.97 Å². The Balaban J connectivity index is 2.04. The zero-order chi connectivity index (χ0) is 19.4. The molecule has 0 aliphatic rings. The third-order valence-corrected chi connectivity index (χ3v) is 5.59. The van der Waals surface area contributed by atoms with Crippen molar-refractivity contribution in [1.29, 1.82) is 0 Å². The number of carbonyl (C=O) groups excluding carboxylic acids is 1. The van der Waals surface area contributed by atoms with Gasteiger partial charge in [0.05, 0.1) is 6.61 Å². The van der Waals surface area contributed by atoms with E-state index in [1.807, 2.05) is 18.2 Å². The first-order chi connectivity index (χ1) is 13.0. The Kier molecular flexibility index (Phi) is 6.15. The first-order valence-corrected chi connectivity index (χ1v) is 10.4. The summed E-state index contributed by atoms with van der Waals surface area (Å²) in [6, 6.07) is 16.1. The summed E-state index contributed by atoms with van der Waals surface area (Å²) < 4.78 is 29.1. The quantitative estimate of drug-likeness (QED) is 0.440. The second-order valence-electron chi connectivity index (χ2n) is 5.53. The van der Waals surface area contributed by atoms with E-state index in [4.69, 9.17) is 16.3 Å². The third kappa shape index (κ3) is 4.68. The van der Waals surface area contributed by atoms with Gasteiger partial charge in [-0.3, -0.25) is 4.72 Å². The molecule has 0 saturated heterocycles. The van der Waals surface area contributed by atoms with Crippen LogP contribution >= 0.6 is 22.9 Å². The maximum absolute atomic E-state index is 12.4. The molecule has 0 fully saturated rings. The Labute approximate surface area is 167 Å². The van der Waals surface area contributed by atoms with Crippen LogP contribution in [0.5, 0.6) is 0 Å². The van der Waals surface area contributed by atoms with E-state index >= 15 is 0 Å². The highest BCUT2D eigenvalue weighted by atomic mass is 35.5. The van der Waals surface area contributed by atoms with Gasteiger partial charge in [0, 0.05) is 21.2 Å². The van der Waals surface area contributed by atoms with Gasteiger partial charge < -0.3 is 4.74 Å². The largest absolute Gasteiger partial charge is 0.462 e. The molecule has 0 atom stereocenters. The molecule has 0 radical (unpaired) electrons. The van der Waals surface area contributed by atoms with Crippen LogP contribution in [0.25, 0.3) is 21.6 Å². The lowest BCUT2D eigenvalue weighted by Gasteiger charge is -2.05. The minimum atomic E-state index is -2.72. The van der Waals surface area contributed by atoms with Crippen LogP contribution in [0.3, 0.4) is 0 Å². The predicted molar refractivity (Wildman–Crippen MR) is 110 cm³/mol. The van der Waals surface area contributed by atoms with E-state index in [1.54, 1.807) is 43.3 Å². The third-order valence-electron chi connectivity index (χ3n) is 3.74. The van der Waals surface area contributed by atoms with Crippen molar-refractivity contribution >= 4 is 45.5 Å². The molecule has 140 valence electrons. The molecular weight excluding hydrogens is 406 g/mol. The number of thiophene rings is 1. The van der Waals surface area contributed by atoms with Crippen LogP contribution in [-0.4, -0.2) is 21.0 Å². The first-order valence-electron chi connectivity index (χ1n) is 8.06. The minimum absolute atomic E-state index is 0.284. The molecular formula is C19H16ClNO4S2. The van der Waals surface area contributed by atoms with Gasteiger partial charge in [-0.15, -0.1) is 11.3 Å². The molecule has 2 aromatic carbocycles. The smallest absolute Gasteiger partial charge is 0.348 e. The van der Waals surface area contributed by atoms with Crippen LogP contribution in [0.4, 0.5) is 5.69 Å². The molecule has 1 aromatic heterocycles. The number of thiol groups is 1. The lowest BCUT2D eigenvalue weighted by atomic mass is 10.0. The van der Waals surface area contributed by atoms with Gasteiger partial charge in [0.25, 0.3) is 0 Å². The van der Waals surface area contributed by atoms with E-state index in [9.17, 15) is 13.2 Å². The lowest BCUT2D eigenvalue weighted by Crippen LogP contribution is -2.03. The molecule has 3 aromatic rings. The number of anilines is 1. The number of esters is 1. The number of benzene rings is 2. The Hall–Kier alpha value is -2.35. The molecule has 0 unspecified atom stereocenters. The van der Waals surface area contributed by atoms with Gasteiger partial charge in [-0.05, 0) is 48.4 Å². The summed E-state index contributed by atoms with van der Waals surface area (Å²) in [5.74, 6) is -0.387. The number of hydrogen-bond donors (Lipinski definition) is 2. The van der Waals surface area contributed by atoms with E-state index < -0.39 is 10.9 Å². The van der Waals surface area contributed by atoms with Crippen molar-refractivity contribution in [2.45, 2.75) is 6.92 Å². The zero-order valence-electron chi connectivity index (χ0n) is 14.3. The average Bonchev–Trinajstić information content (AvgIpc) is 3.08.